The molecular weight excluding hydrogens is 240 g/mol. The molecule has 1 aliphatic rings. The van der Waals surface area contributed by atoms with Crippen LogP contribution < -0.4 is 10.6 Å². The van der Waals surface area contributed by atoms with Crippen LogP contribution in [0.25, 0.3) is 11.0 Å². The number of carbonyl (C=O) groups excluding carboxylic acids is 1. The highest BCUT2D eigenvalue weighted by molar-refractivity contribution is 5.98. The fraction of sp³-hybridized carbons (Fsp3) is 0.400. The van der Waals surface area contributed by atoms with Crippen LogP contribution in [0, 0.1) is 6.92 Å². The summed E-state index contributed by atoms with van der Waals surface area (Å²) >= 11 is 0. The zero-order chi connectivity index (χ0) is 13.2. The second-order valence-corrected chi connectivity index (χ2v) is 5.06. The largest absolute Gasteiger partial charge is 0.451 e. The number of para-hydroxylation sites is 1. The van der Waals surface area contributed by atoms with E-state index >= 15 is 0 Å². The van der Waals surface area contributed by atoms with Crippen molar-refractivity contribution >= 4 is 16.9 Å². The number of furan rings is 1. The van der Waals surface area contributed by atoms with Crippen LogP contribution >= 0.6 is 0 Å². The van der Waals surface area contributed by atoms with Gasteiger partial charge < -0.3 is 15.1 Å². The zero-order valence-corrected chi connectivity index (χ0v) is 11.0. The minimum Gasteiger partial charge on any atom is -0.451 e. The van der Waals surface area contributed by atoms with Crippen molar-refractivity contribution in [3.8, 4) is 0 Å². The molecule has 1 aromatic carbocycles. The number of benzene rings is 1. The number of nitrogens with one attached hydrogen (secondary N) is 2. The summed E-state index contributed by atoms with van der Waals surface area (Å²) in [6, 6.07) is 8.12. The van der Waals surface area contributed by atoms with Crippen LogP contribution in [0.1, 0.15) is 29.0 Å². The van der Waals surface area contributed by atoms with Gasteiger partial charge in [-0.15, -0.1) is 0 Å². The molecule has 2 heterocycles. The fourth-order valence-corrected chi connectivity index (χ4v) is 2.62. The van der Waals surface area contributed by atoms with Crippen molar-refractivity contribution < 1.29 is 9.21 Å². The Labute approximate surface area is 112 Å². The zero-order valence-electron chi connectivity index (χ0n) is 11.0. The summed E-state index contributed by atoms with van der Waals surface area (Å²) in [5.74, 6) is 0.307. The van der Waals surface area contributed by atoms with E-state index in [1.807, 2.05) is 31.2 Å². The summed E-state index contributed by atoms with van der Waals surface area (Å²) in [6.45, 7) is 3.63. The van der Waals surface area contributed by atoms with Gasteiger partial charge in [0.05, 0.1) is 0 Å². The lowest BCUT2D eigenvalue weighted by atomic mass is 10.1. The van der Waals surface area contributed by atoms with Gasteiger partial charge in [-0.05, 0) is 32.4 Å². The minimum absolute atomic E-state index is 0.123. The molecule has 1 unspecified atom stereocenters. The first kappa shape index (κ1) is 12.2. The first-order valence-corrected chi connectivity index (χ1v) is 6.75. The third kappa shape index (κ3) is 2.36. The highest BCUT2D eigenvalue weighted by Gasteiger charge is 2.19. The summed E-state index contributed by atoms with van der Waals surface area (Å²) < 4.78 is 5.64. The number of amides is 1. The second-order valence-electron chi connectivity index (χ2n) is 5.06. The van der Waals surface area contributed by atoms with Gasteiger partial charge in [0.1, 0.15) is 5.58 Å². The molecule has 2 N–H and O–H groups in total. The van der Waals surface area contributed by atoms with Crippen LogP contribution in [-0.4, -0.2) is 25.0 Å². The Bertz CT molecular complexity index is 597. The van der Waals surface area contributed by atoms with E-state index in [0.717, 1.165) is 29.5 Å². The average molecular weight is 258 g/mol. The highest BCUT2D eigenvalue weighted by Crippen LogP contribution is 2.24. The Kier molecular flexibility index (Phi) is 3.25. The van der Waals surface area contributed by atoms with Crippen LogP contribution in [0.2, 0.25) is 0 Å². The monoisotopic (exact) mass is 258 g/mol. The molecule has 0 saturated carbocycles. The molecule has 0 bridgehead atoms. The van der Waals surface area contributed by atoms with E-state index in [1.165, 1.54) is 6.42 Å². The molecule has 1 aromatic heterocycles. The Morgan fingerprint density at radius 3 is 3.05 bits per heavy atom. The maximum absolute atomic E-state index is 12.2. The maximum atomic E-state index is 12.2. The van der Waals surface area contributed by atoms with Crippen molar-refractivity contribution in [2.45, 2.75) is 25.8 Å². The summed E-state index contributed by atoms with van der Waals surface area (Å²) in [6.07, 6.45) is 2.31. The molecule has 0 radical (unpaired) electrons. The van der Waals surface area contributed by atoms with Crippen LogP contribution in [-0.2, 0) is 0 Å². The van der Waals surface area contributed by atoms with Crippen LogP contribution in [0.4, 0.5) is 0 Å². The standard InChI is InChI=1S/C15H18N2O2/c1-10-12-6-2-3-7-13(12)19-14(10)15(18)17-9-11-5-4-8-16-11/h2-3,6-7,11,16H,4-5,8-9H2,1H3,(H,17,18). The van der Waals surface area contributed by atoms with Gasteiger partial charge in [-0.3, -0.25) is 4.79 Å². The molecule has 1 saturated heterocycles. The molecule has 0 aliphatic carbocycles. The van der Waals surface area contributed by atoms with E-state index in [2.05, 4.69) is 10.6 Å². The van der Waals surface area contributed by atoms with Gasteiger partial charge in [-0.1, -0.05) is 18.2 Å². The van der Waals surface area contributed by atoms with Crippen molar-refractivity contribution in [2.24, 2.45) is 0 Å². The molecule has 1 atom stereocenters. The molecule has 19 heavy (non-hydrogen) atoms. The lowest BCUT2D eigenvalue weighted by Crippen LogP contribution is -2.37. The lowest BCUT2D eigenvalue weighted by Gasteiger charge is -2.10. The van der Waals surface area contributed by atoms with E-state index in [1.54, 1.807) is 0 Å². The highest BCUT2D eigenvalue weighted by atomic mass is 16.3. The summed E-state index contributed by atoms with van der Waals surface area (Å²) in [7, 11) is 0. The molecule has 2 aromatic rings. The van der Waals surface area contributed by atoms with Gasteiger partial charge in [-0.2, -0.15) is 0 Å². The first-order chi connectivity index (χ1) is 9.25. The number of carbonyl (C=O) groups is 1. The van der Waals surface area contributed by atoms with Crippen LogP contribution in [0.15, 0.2) is 28.7 Å². The number of aryl methyl sites for hydroxylation is 1. The van der Waals surface area contributed by atoms with Crippen molar-refractivity contribution in [3.05, 3.63) is 35.6 Å². The molecule has 0 spiro atoms. The SMILES string of the molecule is Cc1c(C(=O)NCC2CCCN2)oc2ccccc12. The van der Waals surface area contributed by atoms with E-state index in [-0.39, 0.29) is 5.91 Å². The second kappa shape index (κ2) is 5.05. The predicted molar refractivity (Wildman–Crippen MR) is 74.3 cm³/mol. The van der Waals surface area contributed by atoms with E-state index in [9.17, 15) is 4.79 Å². The molecule has 4 heteroatoms. The van der Waals surface area contributed by atoms with Gasteiger partial charge >= 0.3 is 0 Å². The normalized spacial score (nSPS) is 18.9. The minimum atomic E-state index is -0.123. The molecule has 1 fully saturated rings. The Morgan fingerprint density at radius 1 is 1.47 bits per heavy atom. The van der Waals surface area contributed by atoms with E-state index in [4.69, 9.17) is 4.42 Å². The van der Waals surface area contributed by atoms with Crippen molar-refractivity contribution in [1.29, 1.82) is 0 Å². The molecule has 1 aliphatic heterocycles. The summed E-state index contributed by atoms with van der Waals surface area (Å²) in [4.78, 5) is 12.2. The predicted octanol–water partition coefficient (Wildman–Crippen LogP) is 2.22. The summed E-state index contributed by atoms with van der Waals surface area (Å²) in [5, 5.41) is 7.31. The number of fused-ring (bicyclic) bond motifs is 1. The van der Waals surface area contributed by atoms with Gasteiger partial charge in [-0.25, -0.2) is 0 Å². The molecular formula is C15H18N2O2. The van der Waals surface area contributed by atoms with Crippen molar-refractivity contribution in [1.82, 2.24) is 10.6 Å². The lowest BCUT2D eigenvalue weighted by molar-refractivity contribution is 0.0924. The molecule has 100 valence electrons. The fourth-order valence-electron chi connectivity index (χ4n) is 2.62. The van der Waals surface area contributed by atoms with Crippen LogP contribution in [0.5, 0.6) is 0 Å². The third-order valence-electron chi connectivity index (χ3n) is 3.72. The Morgan fingerprint density at radius 2 is 2.32 bits per heavy atom. The molecule has 3 rings (SSSR count). The van der Waals surface area contributed by atoms with E-state index < -0.39 is 0 Å². The van der Waals surface area contributed by atoms with Gasteiger partial charge in [0, 0.05) is 23.5 Å². The van der Waals surface area contributed by atoms with Crippen molar-refractivity contribution in [3.63, 3.8) is 0 Å². The smallest absolute Gasteiger partial charge is 0.287 e. The summed E-state index contributed by atoms with van der Waals surface area (Å²) in [5.41, 5.74) is 1.68. The maximum Gasteiger partial charge on any atom is 0.287 e. The Balaban J connectivity index is 1.75. The van der Waals surface area contributed by atoms with Crippen molar-refractivity contribution in [2.75, 3.05) is 13.1 Å². The van der Waals surface area contributed by atoms with Gasteiger partial charge in [0.15, 0.2) is 5.76 Å². The average Bonchev–Trinajstić information content (AvgIpc) is 3.05. The number of rotatable bonds is 3. The van der Waals surface area contributed by atoms with Gasteiger partial charge in [0.2, 0.25) is 0 Å². The molecule has 1 amide bonds. The Hall–Kier alpha value is -1.81. The third-order valence-corrected chi connectivity index (χ3v) is 3.72. The topological polar surface area (TPSA) is 54.3 Å². The number of hydrogen-bond donors (Lipinski definition) is 2. The molecule has 4 nitrogen and oxygen atoms in total. The van der Waals surface area contributed by atoms with Gasteiger partial charge in [0.25, 0.3) is 5.91 Å². The number of hydrogen-bond acceptors (Lipinski definition) is 3. The van der Waals surface area contributed by atoms with Crippen LogP contribution in [0.3, 0.4) is 0 Å². The van der Waals surface area contributed by atoms with E-state index in [0.29, 0.717) is 18.3 Å². The first-order valence-electron chi connectivity index (χ1n) is 6.75. The quantitative estimate of drug-likeness (QED) is 0.887.